The average Bonchev–Trinajstić information content (AvgIpc) is 1.61. The molecule has 0 aromatic rings. The first-order valence-electron chi connectivity index (χ1n) is 1.85. The Morgan fingerprint density at radius 3 is 2.57 bits per heavy atom. The Balaban J connectivity index is 3.14. The minimum atomic E-state index is -0.342. The zero-order valence-electron chi connectivity index (χ0n) is 4.34. The Labute approximate surface area is 42.0 Å². The van der Waals surface area contributed by atoms with Crippen LogP contribution in [0.5, 0.6) is 0 Å². The predicted molar refractivity (Wildman–Crippen MR) is 26.2 cm³/mol. The van der Waals surface area contributed by atoms with Crippen molar-refractivity contribution in [2.75, 3.05) is 7.05 Å². The van der Waals surface area contributed by atoms with Gasteiger partial charge in [-0.2, -0.15) is 0 Å². The molecule has 0 spiro atoms. The summed E-state index contributed by atoms with van der Waals surface area (Å²) in [6.45, 7) is 1.32. The third-order valence-corrected chi connectivity index (χ3v) is 0.324. The van der Waals surface area contributed by atoms with Crippen LogP contribution in [-0.4, -0.2) is 19.4 Å². The first-order chi connectivity index (χ1) is 3.27. The van der Waals surface area contributed by atoms with Crippen molar-refractivity contribution in [3.05, 3.63) is 0 Å². The lowest BCUT2D eigenvalue weighted by atomic mass is 10.8. The number of carbonyl (C=O) groups is 1. The van der Waals surface area contributed by atoms with E-state index in [0.29, 0.717) is 0 Å². The molecule has 0 aliphatic rings. The van der Waals surface area contributed by atoms with Crippen molar-refractivity contribution in [1.29, 1.82) is 0 Å². The topological polar surface area (TPSA) is 38.7 Å². The molecule has 0 aliphatic heterocycles. The second kappa shape index (κ2) is 3.33. The summed E-state index contributed by atoms with van der Waals surface area (Å²) in [5.74, 6) is -0.342. The van der Waals surface area contributed by atoms with Crippen molar-refractivity contribution < 1.29 is 9.53 Å². The molecule has 0 aromatic heterocycles. The molecule has 3 heteroatoms. The molecule has 0 saturated carbocycles. The zero-order valence-corrected chi connectivity index (χ0v) is 4.34. The molecule has 0 atom stereocenters. The largest absolute Gasteiger partial charge is 0.415 e. The fraction of sp³-hybridized carbons (Fsp3) is 0.500. The average molecular weight is 101 g/mol. The van der Waals surface area contributed by atoms with Gasteiger partial charge in [0.15, 0.2) is 6.40 Å². The fourth-order valence-corrected chi connectivity index (χ4v) is 0.127. The van der Waals surface area contributed by atoms with Crippen LogP contribution in [0.25, 0.3) is 0 Å². The van der Waals surface area contributed by atoms with Gasteiger partial charge in [-0.05, 0) is 0 Å². The smallest absolute Gasteiger partial charge is 0.308 e. The van der Waals surface area contributed by atoms with Crippen LogP contribution in [0, 0.1) is 0 Å². The lowest BCUT2D eigenvalue weighted by Crippen LogP contribution is -1.93. The van der Waals surface area contributed by atoms with Gasteiger partial charge in [0.05, 0.1) is 0 Å². The lowest BCUT2D eigenvalue weighted by Gasteiger charge is -1.84. The van der Waals surface area contributed by atoms with Crippen LogP contribution in [0.15, 0.2) is 4.99 Å². The van der Waals surface area contributed by atoms with Crippen molar-refractivity contribution in [1.82, 2.24) is 0 Å². The van der Waals surface area contributed by atoms with E-state index in [1.165, 1.54) is 14.0 Å². The molecule has 0 bridgehead atoms. The molecule has 40 valence electrons. The molecular formula is C4H7NO2. The van der Waals surface area contributed by atoms with E-state index in [0.717, 1.165) is 6.40 Å². The SMILES string of the molecule is CN=COC(C)=O. The predicted octanol–water partition coefficient (Wildman–Crippen LogP) is 0.208. The van der Waals surface area contributed by atoms with Gasteiger partial charge in [0.25, 0.3) is 0 Å². The number of hydrogen-bond acceptors (Lipinski definition) is 3. The normalized spacial score (nSPS) is 9.43. The second-order valence-electron chi connectivity index (χ2n) is 0.973. The number of esters is 1. The Bertz CT molecular complexity index is 87.7. The van der Waals surface area contributed by atoms with Gasteiger partial charge in [-0.1, -0.05) is 0 Å². The quantitative estimate of drug-likeness (QED) is 0.269. The standard InChI is InChI=1S/C4H7NO2/c1-4(6)7-3-5-2/h3H,1-2H3. The van der Waals surface area contributed by atoms with Crippen molar-refractivity contribution in [2.24, 2.45) is 4.99 Å². The maximum atomic E-state index is 9.89. The number of aliphatic imine (C=N–C) groups is 1. The highest BCUT2D eigenvalue weighted by Crippen LogP contribution is 1.66. The number of nitrogens with zero attached hydrogens (tertiary/aromatic N) is 1. The van der Waals surface area contributed by atoms with Crippen molar-refractivity contribution in [3.8, 4) is 0 Å². The third-order valence-electron chi connectivity index (χ3n) is 0.324. The van der Waals surface area contributed by atoms with E-state index < -0.39 is 0 Å². The highest BCUT2D eigenvalue weighted by molar-refractivity contribution is 5.75. The summed E-state index contributed by atoms with van der Waals surface area (Å²) < 4.78 is 4.26. The lowest BCUT2D eigenvalue weighted by molar-refractivity contribution is -0.132. The summed E-state index contributed by atoms with van der Waals surface area (Å²) in [6.07, 6.45) is 1.10. The Morgan fingerprint density at radius 2 is 2.43 bits per heavy atom. The summed E-state index contributed by atoms with van der Waals surface area (Å²) >= 11 is 0. The summed E-state index contributed by atoms with van der Waals surface area (Å²) in [5.41, 5.74) is 0. The van der Waals surface area contributed by atoms with Gasteiger partial charge >= 0.3 is 5.97 Å². The summed E-state index contributed by atoms with van der Waals surface area (Å²) in [4.78, 5) is 13.3. The number of carbonyl (C=O) groups excluding carboxylic acids is 1. The summed E-state index contributed by atoms with van der Waals surface area (Å²) in [7, 11) is 1.53. The van der Waals surface area contributed by atoms with E-state index in [2.05, 4.69) is 9.73 Å². The molecule has 0 radical (unpaired) electrons. The van der Waals surface area contributed by atoms with E-state index in [4.69, 9.17) is 0 Å². The van der Waals surface area contributed by atoms with Gasteiger partial charge in [-0.3, -0.25) is 9.79 Å². The van der Waals surface area contributed by atoms with Crippen LogP contribution < -0.4 is 0 Å². The fourth-order valence-electron chi connectivity index (χ4n) is 0.127. The highest BCUT2D eigenvalue weighted by atomic mass is 16.5. The first-order valence-corrected chi connectivity index (χ1v) is 1.85. The van der Waals surface area contributed by atoms with Crippen LogP contribution in [0.3, 0.4) is 0 Å². The Hall–Kier alpha value is -0.860. The van der Waals surface area contributed by atoms with Gasteiger partial charge < -0.3 is 4.74 Å². The van der Waals surface area contributed by atoms with Crippen LogP contribution in [0.1, 0.15) is 6.92 Å². The monoisotopic (exact) mass is 101 g/mol. The molecule has 0 saturated heterocycles. The van der Waals surface area contributed by atoms with Crippen LogP contribution in [0.4, 0.5) is 0 Å². The summed E-state index contributed by atoms with van der Waals surface area (Å²) in [5, 5.41) is 0. The van der Waals surface area contributed by atoms with E-state index in [-0.39, 0.29) is 5.97 Å². The van der Waals surface area contributed by atoms with Crippen LogP contribution >= 0.6 is 0 Å². The van der Waals surface area contributed by atoms with Gasteiger partial charge in [0.1, 0.15) is 0 Å². The van der Waals surface area contributed by atoms with Gasteiger partial charge in [0.2, 0.25) is 0 Å². The molecule has 0 rings (SSSR count). The number of ether oxygens (including phenoxy) is 1. The first kappa shape index (κ1) is 6.14. The molecule has 0 aliphatic carbocycles. The maximum absolute atomic E-state index is 9.89. The zero-order chi connectivity index (χ0) is 5.70. The van der Waals surface area contributed by atoms with E-state index in [1.807, 2.05) is 0 Å². The molecular weight excluding hydrogens is 94.0 g/mol. The highest BCUT2D eigenvalue weighted by Gasteiger charge is 1.81. The minimum absolute atomic E-state index is 0.342. The third kappa shape index (κ3) is 5.14. The Kier molecular flexibility index (Phi) is 2.92. The van der Waals surface area contributed by atoms with E-state index in [1.54, 1.807) is 0 Å². The van der Waals surface area contributed by atoms with Crippen LogP contribution in [-0.2, 0) is 9.53 Å². The maximum Gasteiger partial charge on any atom is 0.308 e. The second-order valence-corrected chi connectivity index (χ2v) is 0.973. The van der Waals surface area contributed by atoms with Gasteiger partial charge in [0, 0.05) is 14.0 Å². The molecule has 0 heterocycles. The summed E-state index contributed by atoms with van der Waals surface area (Å²) in [6, 6.07) is 0. The van der Waals surface area contributed by atoms with Crippen LogP contribution in [0.2, 0.25) is 0 Å². The van der Waals surface area contributed by atoms with Gasteiger partial charge in [-0.25, -0.2) is 0 Å². The van der Waals surface area contributed by atoms with Crippen molar-refractivity contribution in [2.45, 2.75) is 6.92 Å². The molecule has 0 fully saturated rings. The molecule has 0 aromatic carbocycles. The number of hydrogen-bond donors (Lipinski definition) is 0. The molecule has 0 unspecified atom stereocenters. The molecule has 0 amide bonds. The van der Waals surface area contributed by atoms with Crippen molar-refractivity contribution in [3.63, 3.8) is 0 Å². The Morgan fingerprint density at radius 1 is 1.86 bits per heavy atom. The number of rotatable bonds is 1. The molecule has 0 N–H and O–H groups in total. The minimum Gasteiger partial charge on any atom is -0.415 e. The van der Waals surface area contributed by atoms with E-state index in [9.17, 15) is 4.79 Å². The van der Waals surface area contributed by atoms with Gasteiger partial charge in [-0.15, -0.1) is 0 Å². The van der Waals surface area contributed by atoms with E-state index >= 15 is 0 Å². The molecule has 3 nitrogen and oxygen atoms in total. The van der Waals surface area contributed by atoms with Crippen molar-refractivity contribution >= 4 is 12.4 Å². The molecule has 7 heavy (non-hydrogen) atoms.